The van der Waals surface area contributed by atoms with Crippen LogP contribution < -0.4 is 12.4 Å². The highest BCUT2D eigenvalue weighted by Crippen LogP contribution is 2.13. The summed E-state index contributed by atoms with van der Waals surface area (Å²) in [6.45, 7) is 11.1. The van der Waals surface area contributed by atoms with Gasteiger partial charge in [-0.25, -0.2) is 0 Å². The van der Waals surface area contributed by atoms with Crippen LogP contribution in [0.1, 0.15) is 111 Å². The molecule has 0 saturated carbocycles. The molecular weight excluding hydrogens is 302 g/mol. The lowest BCUT2D eigenvalue weighted by atomic mass is 10.1. The van der Waals surface area contributed by atoms with Crippen molar-refractivity contribution in [3.63, 3.8) is 0 Å². The maximum Gasteiger partial charge on any atom is 0.0784 e. The molecule has 0 N–H and O–H groups in total. The summed E-state index contributed by atoms with van der Waals surface area (Å²) in [6, 6.07) is 0. The first-order chi connectivity index (χ1) is 10.7. The zero-order chi connectivity index (χ0) is 16.5. The third-order valence-corrected chi connectivity index (χ3v) is 5.37. The molecule has 0 amide bonds. The van der Waals surface area contributed by atoms with Gasteiger partial charge in [0.15, 0.2) is 0 Å². The molecule has 142 valence electrons. The molecule has 0 aromatic carbocycles. The molecule has 0 bridgehead atoms. The molecule has 0 spiro atoms. The van der Waals surface area contributed by atoms with Crippen molar-refractivity contribution < 1.29 is 16.9 Å². The number of halogens is 1. The summed E-state index contributed by atoms with van der Waals surface area (Å²) in [5.74, 6) is 0. The Balaban J connectivity index is 0. The van der Waals surface area contributed by atoms with E-state index in [0.717, 1.165) is 0 Å². The second-order valence-electron chi connectivity index (χ2n) is 7.63. The highest BCUT2D eigenvalue weighted by atomic mass is 35.5. The zero-order valence-corrected chi connectivity index (χ0v) is 17.6. The second-order valence-corrected chi connectivity index (χ2v) is 7.63. The summed E-state index contributed by atoms with van der Waals surface area (Å²) in [7, 11) is 2.48. The van der Waals surface area contributed by atoms with Crippen LogP contribution in [0, 0.1) is 0 Å². The minimum Gasteiger partial charge on any atom is -1.00 e. The summed E-state index contributed by atoms with van der Waals surface area (Å²) in [5, 5.41) is 0. The van der Waals surface area contributed by atoms with Crippen molar-refractivity contribution >= 4 is 0 Å². The Bertz CT molecular complexity index is 200. The summed E-state index contributed by atoms with van der Waals surface area (Å²) < 4.78 is 1.31. The number of unbranched alkanes of at least 4 members (excludes halogenated alkanes) is 12. The summed E-state index contributed by atoms with van der Waals surface area (Å²) in [5.41, 5.74) is 0. The molecule has 0 radical (unpaired) electrons. The van der Waals surface area contributed by atoms with Crippen molar-refractivity contribution in [1.29, 1.82) is 0 Å². The van der Waals surface area contributed by atoms with E-state index >= 15 is 0 Å². The van der Waals surface area contributed by atoms with Crippen LogP contribution in [0.25, 0.3) is 0 Å². The Kier molecular flexibility index (Phi) is 20.6. The van der Waals surface area contributed by atoms with E-state index in [2.05, 4.69) is 27.8 Å². The first kappa shape index (κ1) is 25.5. The van der Waals surface area contributed by atoms with Crippen LogP contribution in [0.3, 0.4) is 0 Å². The largest absolute Gasteiger partial charge is 1.00 e. The molecule has 1 nitrogen and oxygen atoms in total. The van der Waals surface area contributed by atoms with Gasteiger partial charge in [-0.05, 0) is 32.6 Å². The number of quaternary nitrogens is 1. The fraction of sp³-hybridized carbons (Fsp3) is 1.00. The Morgan fingerprint density at radius 2 is 0.783 bits per heavy atom. The Labute approximate surface area is 154 Å². The van der Waals surface area contributed by atoms with Crippen molar-refractivity contribution in [1.82, 2.24) is 0 Å². The van der Waals surface area contributed by atoms with Gasteiger partial charge in [0.1, 0.15) is 0 Å². The lowest BCUT2D eigenvalue weighted by Crippen LogP contribution is -3.00. The van der Waals surface area contributed by atoms with E-state index in [-0.39, 0.29) is 12.4 Å². The molecule has 2 heteroatoms. The van der Waals surface area contributed by atoms with E-state index in [1.165, 1.54) is 114 Å². The first-order valence-electron chi connectivity index (χ1n) is 10.5. The summed E-state index contributed by atoms with van der Waals surface area (Å²) >= 11 is 0. The standard InChI is InChI=1S/C21H46N.ClH/c1-5-8-10-12-14-16-18-20-22(4,7-3)21-19-17-15-13-11-9-6-2;/h5-21H2,1-4H3;1H/q+1;/p-1. The Morgan fingerprint density at radius 1 is 0.478 bits per heavy atom. The third-order valence-electron chi connectivity index (χ3n) is 5.37. The normalized spacial score (nSPS) is 11.5. The molecule has 0 aliphatic rings. The molecule has 0 fully saturated rings. The van der Waals surface area contributed by atoms with Crippen LogP contribution in [0.5, 0.6) is 0 Å². The van der Waals surface area contributed by atoms with Crippen LogP contribution >= 0.6 is 0 Å². The van der Waals surface area contributed by atoms with E-state index in [9.17, 15) is 0 Å². The van der Waals surface area contributed by atoms with Crippen molar-refractivity contribution in [3.05, 3.63) is 0 Å². The van der Waals surface area contributed by atoms with Gasteiger partial charge in [-0.3, -0.25) is 0 Å². The molecule has 0 atom stereocenters. The smallest absolute Gasteiger partial charge is 0.0784 e. The van der Waals surface area contributed by atoms with Gasteiger partial charge >= 0.3 is 0 Å². The number of hydrogen-bond acceptors (Lipinski definition) is 0. The Hall–Kier alpha value is 0.250. The van der Waals surface area contributed by atoms with E-state index in [4.69, 9.17) is 0 Å². The van der Waals surface area contributed by atoms with Crippen molar-refractivity contribution in [2.45, 2.75) is 111 Å². The average Bonchev–Trinajstić information content (AvgIpc) is 2.53. The molecule has 23 heavy (non-hydrogen) atoms. The molecule has 0 aliphatic heterocycles. The molecule has 0 saturated heterocycles. The van der Waals surface area contributed by atoms with Crippen molar-refractivity contribution in [2.75, 3.05) is 26.7 Å². The minimum atomic E-state index is 0. The maximum absolute atomic E-state index is 2.48. The SMILES string of the molecule is CCCCCCCCC[N+](C)(CC)CCCCCCCCC.[Cl-]. The lowest BCUT2D eigenvalue weighted by Gasteiger charge is -2.33. The molecular formula is C21H46ClN. The number of nitrogens with zero attached hydrogens (tertiary/aromatic N) is 1. The third kappa shape index (κ3) is 16.9. The van der Waals surface area contributed by atoms with E-state index in [1.807, 2.05) is 0 Å². The van der Waals surface area contributed by atoms with Gasteiger partial charge in [0.25, 0.3) is 0 Å². The highest BCUT2D eigenvalue weighted by molar-refractivity contribution is 4.48. The molecule has 0 unspecified atom stereocenters. The quantitative estimate of drug-likeness (QED) is 0.276. The van der Waals surface area contributed by atoms with Crippen LogP contribution in [0.2, 0.25) is 0 Å². The van der Waals surface area contributed by atoms with Crippen LogP contribution in [-0.2, 0) is 0 Å². The monoisotopic (exact) mass is 347 g/mol. The fourth-order valence-electron chi connectivity index (χ4n) is 3.33. The van der Waals surface area contributed by atoms with E-state index in [1.54, 1.807) is 0 Å². The summed E-state index contributed by atoms with van der Waals surface area (Å²) in [4.78, 5) is 0. The number of hydrogen-bond donors (Lipinski definition) is 0. The topological polar surface area (TPSA) is 0 Å². The Morgan fingerprint density at radius 3 is 1.09 bits per heavy atom. The summed E-state index contributed by atoms with van der Waals surface area (Å²) in [6.07, 6.45) is 20.1. The second kappa shape index (κ2) is 18.6. The average molecular weight is 348 g/mol. The van der Waals surface area contributed by atoms with Gasteiger partial charge in [0, 0.05) is 0 Å². The van der Waals surface area contributed by atoms with Gasteiger partial charge < -0.3 is 16.9 Å². The maximum atomic E-state index is 2.48. The molecule has 0 rings (SSSR count). The molecule has 0 aromatic rings. The minimum absolute atomic E-state index is 0. The lowest BCUT2D eigenvalue weighted by molar-refractivity contribution is -0.908. The van der Waals surface area contributed by atoms with Crippen molar-refractivity contribution in [2.24, 2.45) is 0 Å². The van der Waals surface area contributed by atoms with Crippen LogP contribution in [0.15, 0.2) is 0 Å². The van der Waals surface area contributed by atoms with Gasteiger partial charge in [0.2, 0.25) is 0 Å². The van der Waals surface area contributed by atoms with E-state index in [0.29, 0.717) is 0 Å². The number of rotatable bonds is 17. The molecule has 0 aliphatic carbocycles. The first-order valence-corrected chi connectivity index (χ1v) is 10.5. The van der Waals surface area contributed by atoms with Gasteiger partial charge in [0.05, 0.1) is 26.7 Å². The predicted octanol–water partition coefficient (Wildman–Crippen LogP) is 3.96. The van der Waals surface area contributed by atoms with Crippen LogP contribution in [-0.4, -0.2) is 31.2 Å². The predicted molar refractivity (Wildman–Crippen MR) is 102 cm³/mol. The van der Waals surface area contributed by atoms with Crippen LogP contribution in [0.4, 0.5) is 0 Å². The van der Waals surface area contributed by atoms with Gasteiger partial charge in [-0.1, -0.05) is 78.1 Å². The zero-order valence-electron chi connectivity index (χ0n) is 16.8. The van der Waals surface area contributed by atoms with E-state index < -0.39 is 0 Å². The molecule has 0 heterocycles. The fourth-order valence-corrected chi connectivity index (χ4v) is 3.33. The highest BCUT2D eigenvalue weighted by Gasteiger charge is 2.17. The van der Waals surface area contributed by atoms with Gasteiger partial charge in [-0.15, -0.1) is 0 Å². The van der Waals surface area contributed by atoms with Gasteiger partial charge in [-0.2, -0.15) is 0 Å². The molecule has 0 aromatic heterocycles. The van der Waals surface area contributed by atoms with Crippen molar-refractivity contribution in [3.8, 4) is 0 Å².